The summed E-state index contributed by atoms with van der Waals surface area (Å²) in [6, 6.07) is 10.0. The number of aliphatic hydroxyl groups is 1. The summed E-state index contributed by atoms with van der Waals surface area (Å²) >= 11 is 0. The van der Waals surface area contributed by atoms with E-state index in [-0.39, 0.29) is 12.5 Å². The maximum atomic E-state index is 14.1. The Balaban J connectivity index is 1.22. The SMILES string of the molecule is Cc1nc(N2CCC(CO)CC2)ccc1N(Cc1ccc2c3c(c(N)nc2c1)COC3)C(=O)c1cnc(C2CC2)nc1. The minimum absolute atomic E-state index is 0.186. The molecule has 1 aromatic carbocycles. The number of benzene rings is 1. The van der Waals surface area contributed by atoms with Crippen molar-refractivity contribution in [3.63, 3.8) is 0 Å². The monoisotopic (exact) mass is 565 g/mol. The summed E-state index contributed by atoms with van der Waals surface area (Å²) in [6.07, 6.45) is 7.37. The molecule has 0 bridgehead atoms. The van der Waals surface area contributed by atoms with Gasteiger partial charge in [0.15, 0.2) is 0 Å². The molecule has 0 spiro atoms. The molecular weight excluding hydrogens is 530 g/mol. The normalized spacial score (nSPS) is 17.0. The van der Waals surface area contributed by atoms with Gasteiger partial charge in [0.05, 0.1) is 42.2 Å². The lowest BCUT2D eigenvalue weighted by atomic mass is 9.98. The van der Waals surface area contributed by atoms with Crippen molar-refractivity contribution >= 4 is 34.1 Å². The van der Waals surface area contributed by atoms with Crippen LogP contribution in [0.15, 0.2) is 42.7 Å². The van der Waals surface area contributed by atoms with E-state index in [0.717, 1.165) is 89.4 Å². The van der Waals surface area contributed by atoms with E-state index in [1.54, 1.807) is 17.3 Å². The standard InChI is InChI=1S/C32H35N7O3/c1-19-28(6-7-29(36-19)38-10-8-20(16-40)9-11-38)39(32(41)23-13-34-31(35-14-23)22-3-4-22)15-21-2-5-24-25-17-42-18-26(25)30(33)37-27(24)12-21/h2,5-7,12-14,20,22,40H,3-4,8-11,15-18H2,1H3,(H2,33,37). The molecule has 7 rings (SSSR count). The molecular formula is C32H35N7O3. The fourth-order valence-electron chi connectivity index (χ4n) is 6.07. The number of nitrogen functional groups attached to an aromatic ring is 1. The predicted octanol–water partition coefficient (Wildman–Crippen LogP) is 4.27. The second-order valence-corrected chi connectivity index (χ2v) is 11.7. The first-order valence-electron chi connectivity index (χ1n) is 14.7. The number of aryl methyl sites for hydroxylation is 1. The average molecular weight is 566 g/mol. The number of aliphatic hydroxyl groups excluding tert-OH is 1. The largest absolute Gasteiger partial charge is 0.396 e. The van der Waals surface area contributed by atoms with Crippen molar-refractivity contribution in [1.82, 2.24) is 19.9 Å². The van der Waals surface area contributed by atoms with E-state index in [9.17, 15) is 9.90 Å². The summed E-state index contributed by atoms with van der Waals surface area (Å²) in [5.41, 5.74) is 11.9. The maximum Gasteiger partial charge on any atom is 0.261 e. The highest BCUT2D eigenvalue weighted by Gasteiger charge is 2.28. The van der Waals surface area contributed by atoms with Gasteiger partial charge in [-0.2, -0.15) is 0 Å². The fraction of sp³-hybridized carbons (Fsp3) is 0.406. The Kier molecular flexibility index (Phi) is 6.95. The molecule has 0 radical (unpaired) electrons. The number of hydrogen-bond acceptors (Lipinski definition) is 9. The quantitative estimate of drug-likeness (QED) is 0.337. The molecule has 1 amide bonds. The zero-order chi connectivity index (χ0) is 28.8. The molecule has 4 aromatic rings. The number of rotatable bonds is 7. The summed E-state index contributed by atoms with van der Waals surface area (Å²) in [6.45, 7) is 5.20. The lowest BCUT2D eigenvalue weighted by molar-refractivity contribution is 0.0984. The van der Waals surface area contributed by atoms with Crippen molar-refractivity contribution in [2.75, 3.05) is 35.2 Å². The third-order valence-corrected chi connectivity index (χ3v) is 8.77. The van der Waals surface area contributed by atoms with Crippen LogP contribution in [0.1, 0.15) is 70.2 Å². The molecule has 2 aliphatic heterocycles. The molecule has 42 heavy (non-hydrogen) atoms. The molecule has 1 saturated carbocycles. The third kappa shape index (κ3) is 5.05. The van der Waals surface area contributed by atoms with Crippen LogP contribution in [0, 0.1) is 12.8 Å². The van der Waals surface area contributed by atoms with E-state index < -0.39 is 0 Å². The number of hydrogen-bond donors (Lipinski definition) is 2. The van der Waals surface area contributed by atoms with Crippen LogP contribution in [-0.4, -0.2) is 50.6 Å². The van der Waals surface area contributed by atoms with E-state index in [4.69, 9.17) is 15.5 Å². The van der Waals surface area contributed by atoms with Crippen LogP contribution < -0.4 is 15.5 Å². The number of fused-ring (bicyclic) bond motifs is 3. The number of piperidine rings is 1. The number of ether oxygens (including phenoxy) is 1. The number of nitrogens with two attached hydrogens (primary N) is 1. The average Bonchev–Trinajstić information content (AvgIpc) is 3.75. The van der Waals surface area contributed by atoms with Gasteiger partial charge in [0, 0.05) is 49.0 Å². The summed E-state index contributed by atoms with van der Waals surface area (Å²) in [5, 5.41) is 10.5. The number of aromatic nitrogens is 4. The molecule has 3 N–H and O–H groups in total. The first-order valence-corrected chi connectivity index (χ1v) is 14.7. The Morgan fingerprint density at radius 2 is 1.81 bits per heavy atom. The van der Waals surface area contributed by atoms with Crippen molar-refractivity contribution in [3.8, 4) is 0 Å². The minimum Gasteiger partial charge on any atom is -0.396 e. The van der Waals surface area contributed by atoms with E-state index in [1.165, 1.54) is 0 Å². The maximum absolute atomic E-state index is 14.1. The highest BCUT2D eigenvalue weighted by molar-refractivity contribution is 6.06. The molecule has 0 atom stereocenters. The first-order chi connectivity index (χ1) is 20.5. The molecule has 0 unspecified atom stereocenters. The smallest absolute Gasteiger partial charge is 0.261 e. The lowest BCUT2D eigenvalue weighted by Gasteiger charge is -2.33. The number of carbonyl (C=O) groups is 1. The zero-order valence-corrected chi connectivity index (χ0v) is 23.8. The molecule has 1 saturated heterocycles. The van der Waals surface area contributed by atoms with Crippen LogP contribution in [0.4, 0.5) is 17.3 Å². The lowest BCUT2D eigenvalue weighted by Crippen LogP contribution is -2.36. The van der Waals surface area contributed by atoms with Gasteiger partial charge >= 0.3 is 0 Å². The van der Waals surface area contributed by atoms with Gasteiger partial charge in [-0.3, -0.25) is 4.79 Å². The number of pyridine rings is 2. The Bertz CT molecular complexity index is 1650. The van der Waals surface area contributed by atoms with Crippen LogP contribution in [0.25, 0.3) is 10.9 Å². The van der Waals surface area contributed by atoms with Gasteiger partial charge in [-0.15, -0.1) is 0 Å². The van der Waals surface area contributed by atoms with Crippen LogP contribution in [-0.2, 0) is 24.5 Å². The van der Waals surface area contributed by atoms with Crippen molar-refractivity contribution < 1.29 is 14.6 Å². The van der Waals surface area contributed by atoms with Crippen molar-refractivity contribution in [1.29, 1.82) is 0 Å². The van der Waals surface area contributed by atoms with Crippen LogP contribution in [0.5, 0.6) is 0 Å². The minimum atomic E-state index is -0.186. The Morgan fingerprint density at radius 1 is 1.05 bits per heavy atom. The van der Waals surface area contributed by atoms with Crippen LogP contribution >= 0.6 is 0 Å². The van der Waals surface area contributed by atoms with E-state index >= 15 is 0 Å². The number of carbonyl (C=O) groups excluding carboxylic acids is 1. The molecule has 5 heterocycles. The first kappa shape index (κ1) is 26.7. The van der Waals surface area contributed by atoms with Gasteiger partial charge in [0.2, 0.25) is 0 Å². The molecule has 2 fully saturated rings. The number of anilines is 3. The number of amides is 1. The predicted molar refractivity (Wildman–Crippen MR) is 160 cm³/mol. The van der Waals surface area contributed by atoms with Gasteiger partial charge in [0.1, 0.15) is 17.5 Å². The summed E-state index contributed by atoms with van der Waals surface area (Å²) in [7, 11) is 0. The third-order valence-electron chi connectivity index (χ3n) is 8.77. The van der Waals surface area contributed by atoms with Crippen molar-refractivity contribution in [2.45, 2.75) is 58.3 Å². The molecule has 216 valence electrons. The van der Waals surface area contributed by atoms with Gasteiger partial charge in [0.25, 0.3) is 5.91 Å². The number of nitrogens with zero attached hydrogens (tertiary/aromatic N) is 6. The van der Waals surface area contributed by atoms with Gasteiger partial charge in [-0.1, -0.05) is 12.1 Å². The highest BCUT2D eigenvalue weighted by atomic mass is 16.5. The Hall–Kier alpha value is -4.15. The molecule has 10 nitrogen and oxygen atoms in total. The van der Waals surface area contributed by atoms with Crippen molar-refractivity contribution in [2.24, 2.45) is 5.92 Å². The Labute approximate surface area is 244 Å². The van der Waals surface area contributed by atoms with Gasteiger partial charge in [-0.05, 0) is 67.9 Å². The molecule has 3 aliphatic rings. The zero-order valence-electron chi connectivity index (χ0n) is 23.8. The van der Waals surface area contributed by atoms with Gasteiger partial charge in [-0.25, -0.2) is 19.9 Å². The second kappa shape index (κ2) is 10.9. The molecule has 3 aromatic heterocycles. The van der Waals surface area contributed by atoms with E-state index in [0.29, 0.717) is 43.0 Å². The van der Waals surface area contributed by atoms with E-state index in [2.05, 4.69) is 19.9 Å². The highest BCUT2D eigenvalue weighted by Crippen LogP contribution is 2.38. The fourth-order valence-corrected chi connectivity index (χ4v) is 6.07. The Morgan fingerprint density at radius 3 is 2.52 bits per heavy atom. The van der Waals surface area contributed by atoms with Gasteiger partial charge < -0.3 is 25.4 Å². The summed E-state index contributed by atoms with van der Waals surface area (Å²) in [5.74, 6) is 2.76. The topological polar surface area (TPSA) is 131 Å². The summed E-state index contributed by atoms with van der Waals surface area (Å²) < 4.78 is 5.64. The molecule has 1 aliphatic carbocycles. The van der Waals surface area contributed by atoms with Crippen molar-refractivity contribution in [3.05, 3.63) is 76.5 Å². The van der Waals surface area contributed by atoms with Crippen LogP contribution in [0.3, 0.4) is 0 Å². The van der Waals surface area contributed by atoms with Crippen LogP contribution in [0.2, 0.25) is 0 Å². The summed E-state index contributed by atoms with van der Waals surface area (Å²) in [4.78, 5) is 36.7. The second-order valence-electron chi connectivity index (χ2n) is 11.7. The van der Waals surface area contributed by atoms with E-state index in [1.807, 2.05) is 37.3 Å². The molecule has 10 heteroatoms.